The number of nitrogens with one attached hydrogen (secondary N) is 2. The molecule has 0 aliphatic carbocycles. The van der Waals surface area contributed by atoms with Gasteiger partial charge in [-0.1, -0.05) is 42.1 Å². The first-order valence-electron chi connectivity index (χ1n) is 9.61. The van der Waals surface area contributed by atoms with Crippen LogP contribution in [0, 0.1) is 0 Å². The Labute approximate surface area is 178 Å². The number of pyridine rings is 1. The van der Waals surface area contributed by atoms with Crippen LogP contribution in [0.2, 0.25) is 0 Å². The number of fused-ring (bicyclic) bond motifs is 1. The maximum atomic E-state index is 12.3. The number of rotatable bonds is 9. The largest absolute Gasteiger partial charge is 0.491 e. The average Bonchev–Trinajstić information content (AvgIpc) is 3.31. The number of hydrogen-bond acceptors (Lipinski definition) is 6. The Morgan fingerprint density at radius 1 is 1.07 bits per heavy atom. The molecule has 4 rings (SSSR count). The van der Waals surface area contributed by atoms with Crippen LogP contribution in [0.15, 0.2) is 72.3 Å². The predicted octanol–water partition coefficient (Wildman–Crippen LogP) is 3.84. The summed E-state index contributed by atoms with van der Waals surface area (Å²) in [6.45, 7) is 1.05. The fraction of sp³-hybridized carbons (Fsp3) is 0.182. The molecular formula is C22H21N5O2S. The number of carbonyl (C=O) groups excluding carboxylic acids is 1. The summed E-state index contributed by atoms with van der Waals surface area (Å²) in [5, 5.41) is 11.4. The second kappa shape index (κ2) is 9.89. The van der Waals surface area contributed by atoms with Gasteiger partial charge < -0.3 is 10.1 Å². The van der Waals surface area contributed by atoms with Crippen molar-refractivity contribution in [3.63, 3.8) is 0 Å². The van der Waals surface area contributed by atoms with Crippen LogP contribution in [0.4, 0.5) is 0 Å². The molecule has 0 saturated heterocycles. The van der Waals surface area contributed by atoms with Crippen molar-refractivity contribution < 1.29 is 9.53 Å². The third-order valence-corrected chi connectivity index (χ3v) is 5.39. The van der Waals surface area contributed by atoms with E-state index in [0.29, 0.717) is 25.1 Å². The summed E-state index contributed by atoms with van der Waals surface area (Å²) in [7, 11) is 0. The Balaban J connectivity index is 1.20. The van der Waals surface area contributed by atoms with Gasteiger partial charge in [-0.05, 0) is 36.2 Å². The van der Waals surface area contributed by atoms with Gasteiger partial charge in [0, 0.05) is 29.4 Å². The molecule has 1 amide bonds. The lowest BCUT2D eigenvalue weighted by atomic mass is 10.1. The van der Waals surface area contributed by atoms with E-state index in [-0.39, 0.29) is 5.91 Å². The van der Waals surface area contributed by atoms with Crippen molar-refractivity contribution in [3.8, 4) is 5.75 Å². The van der Waals surface area contributed by atoms with Gasteiger partial charge in [-0.15, -0.1) is 0 Å². The number of amides is 1. The van der Waals surface area contributed by atoms with Gasteiger partial charge in [-0.3, -0.25) is 14.9 Å². The average molecular weight is 420 g/mol. The number of thioether (sulfide) groups is 1. The van der Waals surface area contributed by atoms with E-state index >= 15 is 0 Å². The summed E-state index contributed by atoms with van der Waals surface area (Å²) in [5.41, 5.74) is 2.61. The number of ether oxygens (including phenoxy) is 1. The third-order valence-electron chi connectivity index (χ3n) is 4.44. The molecular weight excluding hydrogens is 398 g/mol. The number of benzene rings is 2. The molecule has 0 atom stereocenters. The van der Waals surface area contributed by atoms with E-state index in [4.69, 9.17) is 4.74 Å². The Hall–Kier alpha value is -3.39. The van der Waals surface area contributed by atoms with Crippen molar-refractivity contribution in [3.05, 3.63) is 78.2 Å². The molecule has 8 heteroatoms. The van der Waals surface area contributed by atoms with Crippen molar-refractivity contribution >= 4 is 28.6 Å². The maximum absolute atomic E-state index is 12.3. The molecule has 2 aromatic carbocycles. The molecule has 0 saturated carbocycles. The molecule has 4 aromatic rings. The van der Waals surface area contributed by atoms with Crippen molar-refractivity contribution in [2.75, 3.05) is 13.2 Å². The van der Waals surface area contributed by atoms with E-state index < -0.39 is 0 Å². The second-order valence-electron chi connectivity index (χ2n) is 6.57. The Morgan fingerprint density at radius 2 is 1.93 bits per heavy atom. The number of nitrogens with zero attached hydrogens (tertiary/aromatic N) is 3. The molecule has 0 aliphatic rings. The zero-order chi connectivity index (χ0) is 20.6. The fourth-order valence-electron chi connectivity index (χ4n) is 2.92. The van der Waals surface area contributed by atoms with Crippen molar-refractivity contribution in [1.29, 1.82) is 0 Å². The fourth-order valence-corrected chi connectivity index (χ4v) is 3.65. The number of aromatic amines is 1. The van der Waals surface area contributed by atoms with Crippen molar-refractivity contribution in [2.24, 2.45) is 0 Å². The molecule has 0 unspecified atom stereocenters. The van der Waals surface area contributed by atoms with Crippen LogP contribution in [0.3, 0.4) is 0 Å². The van der Waals surface area contributed by atoms with E-state index in [2.05, 4.69) is 25.5 Å². The standard InChI is InChI=1S/C22H21N5O2S/c28-21(18-9-7-16(8-10-18)14-30-22-25-15-26-27-22)24-12-3-13-29-19-6-1-4-17-5-2-11-23-20(17)19/h1-2,4-11,15H,3,12-14H2,(H,24,28)(H,25,26,27). The van der Waals surface area contributed by atoms with Gasteiger partial charge in [0.2, 0.25) is 0 Å². The van der Waals surface area contributed by atoms with Crippen LogP contribution < -0.4 is 10.1 Å². The minimum absolute atomic E-state index is 0.0868. The Bertz CT molecular complexity index is 1090. The lowest BCUT2D eigenvalue weighted by Gasteiger charge is -2.09. The van der Waals surface area contributed by atoms with E-state index in [1.807, 2.05) is 54.6 Å². The van der Waals surface area contributed by atoms with Gasteiger partial charge in [0.1, 0.15) is 17.6 Å². The van der Waals surface area contributed by atoms with E-state index in [1.165, 1.54) is 6.33 Å². The van der Waals surface area contributed by atoms with Crippen LogP contribution in [0.5, 0.6) is 5.75 Å². The van der Waals surface area contributed by atoms with Crippen LogP contribution >= 0.6 is 11.8 Å². The van der Waals surface area contributed by atoms with Gasteiger partial charge in [-0.2, -0.15) is 5.10 Å². The molecule has 0 radical (unpaired) electrons. The summed E-state index contributed by atoms with van der Waals surface area (Å²) in [6, 6.07) is 17.4. The lowest BCUT2D eigenvalue weighted by Crippen LogP contribution is -2.25. The summed E-state index contributed by atoms with van der Waals surface area (Å²) < 4.78 is 5.85. The summed E-state index contributed by atoms with van der Waals surface area (Å²) in [6.07, 6.45) is 3.95. The van der Waals surface area contributed by atoms with E-state index in [1.54, 1.807) is 18.0 Å². The van der Waals surface area contributed by atoms with Crippen LogP contribution in [-0.4, -0.2) is 39.2 Å². The first-order chi connectivity index (χ1) is 14.8. The van der Waals surface area contributed by atoms with Gasteiger partial charge in [0.25, 0.3) is 5.91 Å². The first kappa shape index (κ1) is 19.9. The molecule has 30 heavy (non-hydrogen) atoms. The van der Waals surface area contributed by atoms with Crippen molar-refractivity contribution in [1.82, 2.24) is 25.5 Å². The number of carbonyl (C=O) groups is 1. The van der Waals surface area contributed by atoms with Gasteiger partial charge >= 0.3 is 0 Å². The number of H-pyrrole nitrogens is 1. The zero-order valence-corrected chi connectivity index (χ0v) is 17.1. The van der Waals surface area contributed by atoms with Gasteiger partial charge in [-0.25, -0.2) is 4.98 Å². The maximum Gasteiger partial charge on any atom is 0.251 e. The van der Waals surface area contributed by atoms with Gasteiger partial charge in [0.15, 0.2) is 5.16 Å². The quantitative estimate of drug-likeness (QED) is 0.316. The molecule has 2 heterocycles. The Morgan fingerprint density at radius 3 is 2.77 bits per heavy atom. The number of para-hydroxylation sites is 1. The zero-order valence-electron chi connectivity index (χ0n) is 16.2. The molecule has 2 aromatic heterocycles. The van der Waals surface area contributed by atoms with Gasteiger partial charge in [0.05, 0.1) is 6.61 Å². The highest BCUT2D eigenvalue weighted by atomic mass is 32.2. The van der Waals surface area contributed by atoms with E-state index in [9.17, 15) is 4.79 Å². The topological polar surface area (TPSA) is 92.8 Å². The summed E-state index contributed by atoms with van der Waals surface area (Å²) >= 11 is 1.56. The second-order valence-corrected chi connectivity index (χ2v) is 7.53. The molecule has 2 N–H and O–H groups in total. The Kier molecular flexibility index (Phi) is 6.56. The minimum Gasteiger partial charge on any atom is -0.491 e. The predicted molar refractivity (Wildman–Crippen MR) is 117 cm³/mol. The third kappa shape index (κ3) is 5.15. The normalized spacial score (nSPS) is 10.8. The molecule has 7 nitrogen and oxygen atoms in total. The molecule has 0 spiro atoms. The van der Waals surface area contributed by atoms with Crippen LogP contribution in [0.1, 0.15) is 22.3 Å². The number of aromatic nitrogens is 4. The number of hydrogen-bond donors (Lipinski definition) is 2. The summed E-state index contributed by atoms with van der Waals surface area (Å²) in [5.74, 6) is 1.44. The highest BCUT2D eigenvalue weighted by Crippen LogP contribution is 2.23. The SMILES string of the molecule is O=C(NCCCOc1cccc2cccnc12)c1ccc(CSc2ncn[nH]2)cc1. The van der Waals surface area contributed by atoms with Crippen LogP contribution in [0.25, 0.3) is 10.9 Å². The molecule has 0 fully saturated rings. The monoisotopic (exact) mass is 419 g/mol. The smallest absolute Gasteiger partial charge is 0.251 e. The summed E-state index contributed by atoms with van der Waals surface area (Å²) in [4.78, 5) is 20.8. The van der Waals surface area contributed by atoms with Crippen LogP contribution in [-0.2, 0) is 5.75 Å². The molecule has 0 bridgehead atoms. The molecule has 0 aliphatic heterocycles. The first-order valence-corrected chi connectivity index (χ1v) is 10.6. The molecule has 152 valence electrons. The highest BCUT2D eigenvalue weighted by Gasteiger charge is 2.06. The lowest BCUT2D eigenvalue weighted by molar-refractivity contribution is 0.0951. The minimum atomic E-state index is -0.0868. The van der Waals surface area contributed by atoms with Crippen molar-refractivity contribution in [2.45, 2.75) is 17.3 Å². The van der Waals surface area contributed by atoms with E-state index in [0.717, 1.165) is 33.1 Å². The highest BCUT2D eigenvalue weighted by molar-refractivity contribution is 7.98.